The summed E-state index contributed by atoms with van der Waals surface area (Å²) in [4.78, 5) is 72.0. The fourth-order valence-corrected chi connectivity index (χ4v) is 15.9. The number of carbonyl (C=O) groups excluding carboxylic acids is 6. The van der Waals surface area contributed by atoms with Gasteiger partial charge in [-0.25, -0.2) is 39.6 Å². The maximum absolute atomic E-state index is 12.8. The van der Waals surface area contributed by atoms with Crippen LogP contribution in [0.25, 0.3) is 0 Å². The van der Waals surface area contributed by atoms with Gasteiger partial charge in [0.2, 0.25) is 0 Å². The Balaban J connectivity index is 0.000000343. The molecule has 0 bridgehead atoms. The van der Waals surface area contributed by atoms with E-state index in [9.17, 15) is 54.0 Å². The Morgan fingerprint density at radius 1 is 0.378 bits per heavy atom. The maximum atomic E-state index is 12.8. The van der Waals surface area contributed by atoms with E-state index in [1.807, 2.05) is 0 Å². The minimum Gasteiger partial charge on any atom is -0.463 e. The highest BCUT2D eigenvalue weighted by atomic mass is 32.2. The van der Waals surface area contributed by atoms with Gasteiger partial charge in [0.15, 0.2) is 29.5 Å². The summed E-state index contributed by atoms with van der Waals surface area (Å²) >= 11 is 0. The van der Waals surface area contributed by atoms with Crippen LogP contribution in [0.15, 0.2) is 125 Å². The van der Waals surface area contributed by atoms with E-state index < -0.39 is 71.2 Å². The third-order valence-corrected chi connectivity index (χ3v) is 22.6. The maximum Gasteiger partial charge on any atom is 0.330 e. The first kappa shape index (κ1) is 74.3. The third-order valence-electron chi connectivity index (χ3n) is 17.1. The summed E-state index contributed by atoms with van der Waals surface area (Å²) in [6, 6.07) is 17.7. The zero-order valence-corrected chi connectivity index (χ0v) is 54.9. The van der Waals surface area contributed by atoms with Gasteiger partial charge in [0, 0.05) is 18.2 Å². The van der Waals surface area contributed by atoms with Crippen molar-refractivity contribution in [2.45, 2.75) is 189 Å². The molecule has 0 radical (unpaired) electrons. The molecule has 18 nitrogen and oxygen atoms in total. The molecule has 0 amide bonds. The molecule has 3 aromatic carbocycles. The third kappa shape index (κ3) is 26.4. The van der Waals surface area contributed by atoms with Crippen LogP contribution in [0.1, 0.15) is 174 Å². The lowest BCUT2D eigenvalue weighted by molar-refractivity contribution is -0.145. The molecule has 0 heterocycles. The second-order valence-electron chi connectivity index (χ2n) is 23.7. The fraction of sp³-hybridized carbons (Fsp3) is 0.565. The highest BCUT2D eigenvalue weighted by Gasteiger charge is 2.35. The van der Waals surface area contributed by atoms with Crippen LogP contribution in [-0.2, 0) is 72.5 Å². The first-order chi connectivity index (χ1) is 43.2. The smallest absolute Gasteiger partial charge is 0.330 e. The molecular weight excluding hydrogens is 1210 g/mol. The standard InChI is InChI=1S/C38H48O12S2.C31H46O6S/c1-3-35(39)47-25-9-5-7-11-27-51(43,44)33-21-17-31(18-22-33)49-37(41)29-13-15-30(16-14-29)38(42)50-32-19-23-34(24-20-32)52(45,46)28-12-8-6-10-26-48-36(40)4-2;1-3-9-24-10-12-25(13-11-24)26-14-16-27(17-15-26)31(33)37-28-18-20-29(21-19-28)38(34,35)23-8-6-5-7-22-36-30(32)4-2/h3-4,17-24,29-30H,1-2,5-16,25-28H2;4,18-21,24-27H,2-3,5-17,22-23H2,1H3. The van der Waals surface area contributed by atoms with E-state index in [2.05, 4.69) is 26.7 Å². The fourth-order valence-electron chi connectivity index (χ4n) is 11.8. The first-order valence-electron chi connectivity index (χ1n) is 32.2. The number of ether oxygens (including phenoxy) is 6. The molecule has 0 aromatic heterocycles. The summed E-state index contributed by atoms with van der Waals surface area (Å²) in [7, 11) is -10.4. The molecule has 3 fully saturated rings. The lowest BCUT2D eigenvalue weighted by atomic mass is 9.69. The predicted octanol–water partition coefficient (Wildman–Crippen LogP) is 13.2. The Kier molecular flexibility index (Phi) is 32.2. The number of rotatable bonds is 36. The zero-order valence-electron chi connectivity index (χ0n) is 52.4. The van der Waals surface area contributed by atoms with Gasteiger partial charge in [0.05, 0.1) is 69.5 Å². The SMILES string of the molecule is C=CC(=O)OCCCCCCS(=O)(=O)c1ccc(OC(=O)C2CCC(C(=O)Oc3ccc(S(=O)(=O)CCCCCCOC(=O)C=C)cc3)CC2)cc1.C=CC(=O)OCCCCCCS(=O)(=O)c1ccc(OC(=O)C2CCC(C3CCC(CCC)CC3)CC2)cc1. The summed E-state index contributed by atoms with van der Waals surface area (Å²) in [5, 5.41) is 0. The molecule has 0 aliphatic heterocycles. The quantitative estimate of drug-likeness (QED) is 0.0172. The summed E-state index contributed by atoms with van der Waals surface area (Å²) in [5.74, 6) is -0.0398. The van der Waals surface area contributed by atoms with Crippen LogP contribution in [-0.4, -0.2) is 98.1 Å². The van der Waals surface area contributed by atoms with Crippen LogP contribution in [0.4, 0.5) is 0 Å². The number of unbranched alkanes of at least 4 members (excludes halogenated alkanes) is 9. The van der Waals surface area contributed by atoms with Gasteiger partial charge < -0.3 is 28.4 Å². The van der Waals surface area contributed by atoms with Gasteiger partial charge in [-0.15, -0.1) is 0 Å². The minimum absolute atomic E-state index is 0.0290. The monoisotopic (exact) mass is 1310 g/mol. The lowest BCUT2D eigenvalue weighted by Gasteiger charge is -2.37. The molecular formula is C69H94O18S3. The molecule has 0 saturated heterocycles. The zero-order chi connectivity index (χ0) is 65.4. The van der Waals surface area contributed by atoms with Crippen molar-refractivity contribution in [3.8, 4) is 17.2 Å². The molecule has 0 atom stereocenters. The van der Waals surface area contributed by atoms with E-state index in [0.29, 0.717) is 89.4 Å². The van der Waals surface area contributed by atoms with Crippen molar-refractivity contribution in [3.63, 3.8) is 0 Å². The van der Waals surface area contributed by atoms with Gasteiger partial charge in [-0.3, -0.25) is 14.4 Å². The van der Waals surface area contributed by atoms with Crippen LogP contribution in [0.2, 0.25) is 0 Å². The van der Waals surface area contributed by atoms with E-state index in [-0.39, 0.29) is 68.5 Å². The van der Waals surface area contributed by atoms with Gasteiger partial charge >= 0.3 is 35.8 Å². The van der Waals surface area contributed by atoms with Crippen molar-refractivity contribution in [1.82, 2.24) is 0 Å². The molecule has 21 heteroatoms. The van der Waals surface area contributed by atoms with Crippen LogP contribution in [0.5, 0.6) is 17.2 Å². The largest absolute Gasteiger partial charge is 0.463 e. The van der Waals surface area contributed by atoms with Crippen LogP contribution in [0.3, 0.4) is 0 Å². The predicted molar refractivity (Wildman–Crippen MR) is 343 cm³/mol. The Labute approximate surface area is 534 Å². The minimum atomic E-state index is -3.51. The molecule has 6 rings (SSSR count). The molecule has 3 aliphatic carbocycles. The summed E-state index contributed by atoms with van der Waals surface area (Å²) in [5.41, 5.74) is 0. The topological polar surface area (TPSA) is 260 Å². The Bertz CT molecular complexity index is 2980. The van der Waals surface area contributed by atoms with Crippen LogP contribution < -0.4 is 14.2 Å². The van der Waals surface area contributed by atoms with Crippen molar-refractivity contribution in [2.24, 2.45) is 35.5 Å². The van der Waals surface area contributed by atoms with Gasteiger partial charge in [-0.1, -0.05) is 90.9 Å². The van der Waals surface area contributed by atoms with Crippen LogP contribution >= 0.6 is 0 Å². The van der Waals surface area contributed by atoms with Crippen molar-refractivity contribution in [2.75, 3.05) is 37.1 Å². The van der Waals surface area contributed by atoms with E-state index in [4.69, 9.17) is 28.4 Å². The lowest BCUT2D eigenvalue weighted by Crippen LogP contribution is -2.30. The number of hydrogen-bond donors (Lipinski definition) is 0. The number of carbonyl (C=O) groups is 6. The number of esters is 6. The first-order valence-corrected chi connectivity index (χ1v) is 37.1. The Morgan fingerprint density at radius 2 is 0.633 bits per heavy atom. The highest BCUT2D eigenvalue weighted by molar-refractivity contribution is 7.92. The number of sulfone groups is 3. The Morgan fingerprint density at radius 3 is 0.900 bits per heavy atom. The molecule has 3 aromatic rings. The molecule has 3 aliphatic rings. The highest BCUT2D eigenvalue weighted by Crippen LogP contribution is 2.43. The summed E-state index contributed by atoms with van der Waals surface area (Å²) in [6.07, 6.45) is 24.9. The van der Waals surface area contributed by atoms with E-state index in [0.717, 1.165) is 87.3 Å². The van der Waals surface area contributed by atoms with Crippen molar-refractivity contribution in [3.05, 3.63) is 111 Å². The second kappa shape index (κ2) is 39.1. The number of hydrogen-bond acceptors (Lipinski definition) is 18. The van der Waals surface area contributed by atoms with Crippen molar-refractivity contribution in [1.29, 1.82) is 0 Å². The summed E-state index contributed by atoms with van der Waals surface area (Å²) < 4.78 is 108. The second-order valence-corrected chi connectivity index (χ2v) is 30.0. The van der Waals surface area contributed by atoms with E-state index in [1.165, 1.54) is 99.2 Å². The summed E-state index contributed by atoms with van der Waals surface area (Å²) in [6.45, 7) is 13.1. The normalized spacial score (nSPS) is 19.3. The van der Waals surface area contributed by atoms with Gasteiger partial charge in [0.1, 0.15) is 17.2 Å². The van der Waals surface area contributed by atoms with Crippen molar-refractivity contribution >= 4 is 65.3 Å². The molecule has 0 N–H and O–H groups in total. The molecule has 496 valence electrons. The van der Waals surface area contributed by atoms with E-state index >= 15 is 0 Å². The average molecular weight is 1310 g/mol. The van der Waals surface area contributed by atoms with Crippen molar-refractivity contribution < 1.29 is 82.4 Å². The molecule has 0 spiro atoms. The molecule has 0 unspecified atom stereocenters. The van der Waals surface area contributed by atoms with Gasteiger partial charge in [0.25, 0.3) is 0 Å². The van der Waals surface area contributed by atoms with Gasteiger partial charge in [-0.2, -0.15) is 0 Å². The van der Waals surface area contributed by atoms with Crippen LogP contribution in [0, 0.1) is 35.5 Å². The number of benzene rings is 3. The Hall–Kier alpha value is -6.45. The van der Waals surface area contributed by atoms with Gasteiger partial charge in [-0.05, 0) is 193 Å². The van der Waals surface area contributed by atoms with E-state index in [1.54, 1.807) is 12.1 Å². The molecule has 90 heavy (non-hydrogen) atoms. The molecule has 3 saturated carbocycles. The average Bonchev–Trinajstić information content (AvgIpc) is 1.47.